The Hall–Kier alpha value is -2.92. The summed E-state index contributed by atoms with van der Waals surface area (Å²) in [7, 11) is 0. The highest BCUT2D eigenvalue weighted by molar-refractivity contribution is 6.33. The molecule has 0 radical (unpaired) electrons. The first kappa shape index (κ1) is 17.5. The molecule has 1 aliphatic rings. The first-order valence-electron chi connectivity index (χ1n) is 8.79. The van der Waals surface area contributed by atoms with Crippen molar-refractivity contribution in [2.75, 3.05) is 11.4 Å². The van der Waals surface area contributed by atoms with Crippen LogP contribution >= 0.6 is 11.6 Å². The Morgan fingerprint density at radius 3 is 2.78 bits per heavy atom. The first-order valence-corrected chi connectivity index (χ1v) is 9.16. The number of amides is 2. The molecule has 2 heterocycles. The molecular weight excluding hydrogens is 362 g/mol. The summed E-state index contributed by atoms with van der Waals surface area (Å²) in [4.78, 5) is 30.9. The molecule has 2 amide bonds. The van der Waals surface area contributed by atoms with Crippen molar-refractivity contribution in [1.29, 1.82) is 0 Å². The molecule has 2 aromatic carbocycles. The zero-order valence-electron chi connectivity index (χ0n) is 14.6. The molecule has 1 N–H and O–H groups in total. The van der Waals surface area contributed by atoms with Crippen molar-refractivity contribution in [3.8, 4) is 0 Å². The van der Waals surface area contributed by atoms with Crippen LogP contribution in [0.3, 0.4) is 0 Å². The maximum Gasteiger partial charge on any atom is 0.227 e. The lowest BCUT2D eigenvalue weighted by Crippen LogP contribution is -2.33. The summed E-state index contributed by atoms with van der Waals surface area (Å²) in [5, 5.41) is 5.53. The second kappa shape index (κ2) is 7.37. The number of fused-ring (bicyclic) bond motifs is 1. The Balaban J connectivity index is 1.45. The molecule has 0 saturated carbocycles. The number of carbonyl (C=O) groups excluding carboxylic acids is 2. The van der Waals surface area contributed by atoms with Gasteiger partial charge in [0.2, 0.25) is 11.8 Å². The molecule has 27 heavy (non-hydrogen) atoms. The second-order valence-electron chi connectivity index (χ2n) is 6.55. The fourth-order valence-corrected chi connectivity index (χ4v) is 3.66. The van der Waals surface area contributed by atoms with Crippen LogP contribution in [0.25, 0.3) is 10.8 Å². The van der Waals surface area contributed by atoms with Crippen molar-refractivity contribution in [3.05, 3.63) is 71.5 Å². The van der Waals surface area contributed by atoms with Crippen LogP contribution < -0.4 is 10.2 Å². The number of hydrogen-bond acceptors (Lipinski definition) is 3. The van der Waals surface area contributed by atoms with Crippen molar-refractivity contribution in [2.24, 2.45) is 5.92 Å². The summed E-state index contributed by atoms with van der Waals surface area (Å²) in [6, 6.07) is 17.0. The molecule has 1 fully saturated rings. The van der Waals surface area contributed by atoms with Gasteiger partial charge >= 0.3 is 0 Å². The molecule has 136 valence electrons. The second-order valence-corrected chi connectivity index (χ2v) is 6.96. The minimum absolute atomic E-state index is 0.0912. The van der Waals surface area contributed by atoms with E-state index in [-0.39, 0.29) is 18.2 Å². The number of carbonyl (C=O) groups is 2. The van der Waals surface area contributed by atoms with Crippen LogP contribution in [0.4, 0.5) is 5.69 Å². The van der Waals surface area contributed by atoms with E-state index in [2.05, 4.69) is 10.3 Å². The zero-order valence-corrected chi connectivity index (χ0v) is 15.3. The minimum atomic E-state index is -0.399. The first-order chi connectivity index (χ1) is 13.1. The average Bonchev–Trinajstić information content (AvgIpc) is 3.08. The van der Waals surface area contributed by atoms with Crippen LogP contribution in [0.1, 0.15) is 12.1 Å². The van der Waals surface area contributed by atoms with Crippen LogP contribution in [-0.2, 0) is 16.1 Å². The van der Waals surface area contributed by atoms with E-state index in [1.54, 1.807) is 23.2 Å². The Morgan fingerprint density at radius 1 is 1.15 bits per heavy atom. The number of hydrogen-bond donors (Lipinski definition) is 1. The molecule has 1 unspecified atom stereocenters. The smallest absolute Gasteiger partial charge is 0.227 e. The Bertz CT molecular complexity index is 1020. The summed E-state index contributed by atoms with van der Waals surface area (Å²) >= 11 is 6.19. The van der Waals surface area contributed by atoms with Crippen LogP contribution in [0.15, 0.2) is 60.8 Å². The molecule has 1 aromatic heterocycles. The van der Waals surface area contributed by atoms with Crippen molar-refractivity contribution < 1.29 is 9.59 Å². The molecule has 6 heteroatoms. The normalized spacial score (nSPS) is 16.7. The van der Waals surface area contributed by atoms with Gasteiger partial charge in [0, 0.05) is 24.5 Å². The zero-order chi connectivity index (χ0) is 18.8. The lowest BCUT2D eigenvalue weighted by atomic mass is 10.1. The highest BCUT2D eigenvalue weighted by atomic mass is 35.5. The van der Waals surface area contributed by atoms with E-state index >= 15 is 0 Å². The third kappa shape index (κ3) is 3.51. The quantitative estimate of drug-likeness (QED) is 0.754. The van der Waals surface area contributed by atoms with Crippen LogP contribution in [-0.4, -0.2) is 23.3 Å². The maximum absolute atomic E-state index is 12.6. The summed E-state index contributed by atoms with van der Waals surface area (Å²) in [6.45, 7) is 0.661. The SMILES string of the molecule is O=C(NCc1nccc2ccccc12)C1CC(=O)N(c2ccccc2Cl)C1. The van der Waals surface area contributed by atoms with Crippen LogP contribution in [0, 0.1) is 5.92 Å². The molecule has 0 spiro atoms. The topological polar surface area (TPSA) is 62.3 Å². The van der Waals surface area contributed by atoms with Crippen LogP contribution in [0.5, 0.6) is 0 Å². The van der Waals surface area contributed by atoms with Crippen molar-refractivity contribution in [3.63, 3.8) is 0 Å². The maximum atomic E-state index is 12.6. The van der Waals surface area contributed by atoms with E-state index in [9.17, 15) is 9.59 Å². The molecule has 1 atom stereocenters. The van der Waals surface area contributed by atoms with E-state index < -0.39 is 5.92 Å². The molecular formula is C21H18ClN3O2. The third-order valence-corrected chi connectivity index (χ3v) is 5.14. The predicted molar refractivity (Wildman–Crippen MR) is 106 cm³/mol. The van der Waals surface area contributed by atoms with E-state index in [4.69, 9.17) is 11.6 Å². The fourth-order valence-electron chi connectivity index (χ4n) is 3.42. The Morgan fingerprint density at radius 2 is 1.93 bits per heavy atom. The van der Waals surface area contributed by atoms with Gasteiger partial charge < -0.3 is 10.2 Å². The largest absolute Gasteiger partial charge is 0.350 e. The van der Waals surface area contributed by atoms with E-state index in [1.165, 1.54) is 0 Å². The summed E-state index contributed by atoms with van der Waals surface area (Å²) in [6.07, 6.45) is 1.92. The number of rotatable bonds is 4. The van der Waals surface area contributed by atoms with Gasteiger partial charge in [-0.1, -0.05) is 48.0 Å². The van der Waals surface area contributed by atoms with Gasteiger partial charge in [0.15, 0.2) is 0 Å². The van der Waals surface area contributed by atoms with Gasteiger partial charge in [0.1, 0.15) is 0 Å². The van der Waals surface area contributed by atoms with Gasteiger partial charge in [0.05, 0.1) is 28.9 Å². The van der Waals surface area contributed by atoms with Crippen molar-refractivity contribution in [2.45, 2.75) is 13.0 Å². The lowest BCUT2D eigenvalue weighted by Gasteiger charge is -2.18. The van der Waals surface area contributed by atoms with Crippen molar-refractivity contribution >= 4 is 39.9 Å². The van der Waals surface area contributed by atoms with Gasteiger partial charge in [-0.25, -0.2) is 0 Å². The lowest BCUT2D eigenvalue weighted by molar-refractivity contribution is -0.126. The average molecular weight is 380 g/mol. The Labute approximate surface area is 162 Å². The van der Waals surface area contributed by atoms with Crippen molar-refractivity contribution in [1.82, 2.24) is 10.3 Å². The number of pyridine rings is 1. The highest BCUT2D eigenvalue weighted by Crippen LogP contribution is 2.31. The standard InChI is InChI=1S/C21H18ClN3O2/c22-17-7-3-4-8-19(17)25-13-15(11-20(25)26)21(27)24-12-18-16-6-2-1-5-14(16)9-10-23-18/h1-10,15H,11-13H2,(H,24,27). The minimum Gasteiger partial charge on any atom is -0.350 e. The number of para-hydroxylation sites is 1. The molecule has 4 rings (SSSR count). The molecule has 0 bridgehead atoms. The van der Waals surface area contributed by atoms with Gasteiger partial charge in [-0.05, 0) is 23.6 Å². The fraction of sp³-hybridized carbons (Fsp3) is 0.190. The summed E-state index contributed by atoms with van der Waals surface area (Å²) in [5.41, 5.74) is 1.46. The number of aromatic nitrogens is 1. The number of halogens is 1. The number of anilines is 1. The van der Waals surface area contributed by atoms with E-state index in [0.29, 0.717) is 23.8 Å². The monoisotopic (exact) mass is 379 g/mol. The molecule has 5 nitrogen and oxygen atoms in total. The number of nitrogens with one attached hydrogen (secondary N) is 1. The molecule has 1 saturated heterocycles. The van der Waals surface area contributed by atoms with Gasteiger partial charge in [-0.3, -0.25) is 14.6 Å². The number of benzene rings is 2. The Kier molecular flexibility index (Phi) is 4.77. The van der Waals surface area contributed by atoms with Gasteiger partial charge in [-0.15, -0.1) is 0 Å². The summed E-state index contributed by atoms with van der Waals surface area (Å²) < 4.78 is 0. The molecule has 1 aliphatic heterocycles. The van der Waals surface area contributed by atoms with Gasteiger partial charge in [0.25, 0.3) is 0 Å². The predicted octanol–water partition coefficient (Wildman–Crippen LogP) is 3.56. The molecule has 3 aromatic rings. The highest BCUT2D eigenvalue weighted by Gasteiger charge is 2.35. The number of nitrogens with zero attached hydrogens (tertiary/aromatic N) is 2. The molecule has 0 aliphatic carbocycles. The van der Waals surface area contributed by atoms with Crippen LogP contribution in [0.2, 0.25) is 5.02 Å². The van der Waals surface area contributed by atoms with E-state index in [0.717, 1.165) is 16.5 Å². The summed E-state index contributed by atoms with van der Waals surface area (Å²) in [5.74, 6) is -0.636. The van der Waals surface area contributed by atoms with Gasteiger partial charge in [-0.2, -0.15) is 0 Å². The van der Waals surface area contributed by atoms with E-state index in [1.807, 2.05) is 42.5 Å². The third-order valence-electron chi connectivity index (χ3n) is 4.83.